The van der Waals surface area contributed by atoms with E-state index in [2.05, 4.69) is 26.1 Å². The van der Waals surface area contributed by atoms with E-state index >= 15 is 0 Å². The molecular formula is C32H58N2O5S. The van der Waals surface area contributed by atoms with Crippen LogP contribution in [0.25, 0.3) is 0 Å². The Kier molecular flexibility index (Phi) is 9.76. The van der Waals surface area contributed by atoms with E-state index in [0.717, 1.165) is 30.1 Å². The Morgan fingerprint density at radius 1 is 1.00 bits per heavy atom. The number of hydrogen-bond acceptors (Lipinski definition) is 5. The fraction of sp³-hybridized carbons (Fsp3) is 0.969. The second-order valence-electron chi connectivity index (χ2n) is 15.5. The SMILES string of the molecule is CC(O)C([N+](C)(C)CCCNC(=O)CC[C@@H](C)[C@H]1CCC2C3CCC4CCCC[C@]4(C)C3CC[C@@]21C)S(=O)(=O)[O-]. The molecule has 4 saturated carbocycles. The Morgan fingerprint density at radius 3 is 2.38 bits per heavy atom. The van der Waals surface area contributed by atoms with Gasteiger partial charge in [-0.2, -0.15) is 0 Å². The van der Waals surface area contributed by atoms with Gasteiger partial charge in [0.15, 0.2) is 10.1 Å². The largest absolute Gasteiger partial charge is 0.743 e. The van der Waals surface area contributed by atoms with Crippen LogP contribution in [0.3, 0.4) is 0 Å². The van der Waals surface area contributed by atoms with Crippen LogP contribution in [0, 0.1) is 46.3 Å². The molecule has 7 nitrogen and oxygen atoms in total. The highest BCUT2D eigenvalue weighted by Crippen LogP contribution is 2.68. The smallest absolute Gasteiger partial charge is 0.220 e. The van der Waals surface area contributed by atoms with Gasteiger partial charge in [0, 0.05) is 19.4 Å². The molecule has 0 aliphatic heterocycles. The van der Waals surface area contributed by atoms with Crippen LogP contribution in [0.1, 0.15) is 111 Å². The fourth-order valence-electron chi connectivity index (χ4n) is 10.9. The summed E-state index contributed by atoms with van der Waals surface area (Å²) in [5, 5.41) is 11.5. The van der Waals surface area contributed by atoms with E-state index in [1.165, 1.54) is 71.1 Å². The van der Waals surface area contributed by atoms with Gasteiger partial charge in [0.2, 0.25) is 11.3 Å². The summed E-state index contributed by atoms with van der Waals surface area (Å²) in [7, 11) is -1.37. The number of carbonyl (C=O) groups excluding carboxylic acids is 1. The first-order valence-corrected chi connectivity index (χ1v) is 17.8. The number of nitrogens with zero attached hydrogens (tertiary/aromatic N) is 1. The van der Waals surface area contributed by atoms with E-state index in [0.29, 0.717) is 48.6 Å². The number of aliphatic hydroxyl groups is 1. The van der Waals surface area contributed by atoms with Crippen molar-refractivity contribution in [3.63, 3.8) is 0 Å². The predicted octanol–water partition coefficient (Wildman–Crippen LogP) is 5.29. The number of rotatable bonds is 11. The topological polar surface area (TPSA) is 107 Å². The third-order valence-corrected chi connectivity index (χ3v) is 14.4. The summed E-state index contributed by atoms with van der Waals surface area (Å²) in [6, 6.07) is 0. The molecule has 4 aliphatic carbocycles. The molecule has 0 saturated heterocycles. The van der Waals surface area contributed by atoms with E-state index < -0.39 is 21.6 Å². The van der Waals surface area contributed by atoms with Gasteiger partial charge in [-0.05, 0) is 111 Å². The van der Waals surface area contributed by atoms with Crippen molar-refractivity contribution in [1.82, 2.24) is 5.32 Å². The summed E-state index contributed by atoms with van der Waals surface area (Å²) in [6.45, 7) is 9.77. The van der Waals surface area contributed by atoms with E-state index in [9.17, 15) is 22.9 Å². The summed E-state index contributed by atoms with van der Waals surface area (Å²) >= 11 is 0. The minimum Gasteiger partial charge on any atom is -0.743 e. The van der Waals surface area contributed by atoms with Crippen molar-refractivity contribution in [2.75, 3.05) is 27.2 Å². The Hall–Kier alpha value is -0.700. The zero-order chi connectivity index (χ0) is 29.5. The second kappa shape index (κ2) is 12.1. The lowest BCUT2D eigenvalue weighted by Crippen LogP contribution is -2.58. The van der Waals surface area contributed by atoms with E-state index in [-0.39, 0.29) is 10.4 Å². The van der Waals surface area contributed by atoms with Gasteiger partial charge >= 0.3 is 0 Å². The highest BCUT2D eigenvalue weighted by atomic mass is 32.2. The number of carbonyl (C=O) groups is 1. The molecule has 232 valence electrons. The number of amides is 1. The van der Waals surface area contributed by atoms with Gasteiger partial charge in [0.05, 0.1) is 20.6 Å². The Labute approximate surface area is 244 Å². The lowest BCUT2D eigenvalue weighted by molar-refractivity contribution is -0.904. The van der Waals surface area contributed by atoms with E-state index in [4.69, 9.17) is 0 Å². The number of quaternary nitrogens is 1. The third-order valence-electron chi connectivity index (χ3n) is 12.8. The first-order valence-electron chi connectivity index (χ1n) is 16.3. The van der Waals surface area contributed by atoms with Gasteiger partial charge in [-0.3, -0.25) is 4.79 Å². The molecule has 1 amide bonds. The highest BCUT2D eigenvalue weighted by Gasteiger charge is 2.60. The fourth-order valence-corrected chi connectivity index (χ4v) is 12.2. The van der Waals surface area contributed by atoms with Crippen molar-refractivity contribution in [3.05, 3.63) is 0 Å². The summed E-state index contributed by atoms with van der Waals surface area (Å²) < 4.78 is 34.9. The molecule has 0 aromatic rings. The second-order valence-corrected chi connectivity index (χ2v) is 16.9. The molecule has 2 N–H and O–H groups in total. The monoisotopic (exact) mass is 582 g/mol. The van der Waals surface area contributed by atoms with Crippen molar-refractivity contribution in [3.8, 4) is 0 Å². The van der Waals surface area contributed by atoms with Gasteiger partial charge in [-0.15, -0.1) is 0 Å². The van der Waals surface area contributed by atoms with Gasteiger partial charge in [0.25, 0.3) is 0 Å². The number of nitrogens with one attached hydrogen (secondary N) is 1. The van der Waals surface area contributed by atoms with Crippen LogP contribution in [0.4, 0.5) is 0 Å². The standard InChI is InChI=1S/C32H58N2O5S/c1-22(11-16-29(36)33-20-9-21-34(5,6)30(23(2)35)40(37,38)39)26-14-15-27-25-13-12-24-10-7-8-18-31(24,3)28(25)17-19-32(26,27)4/h22-28,30,35H,7-21H2,1-6H3,(H-,33,36,37,38,39)/t22-,23?,24?,25?,26-,27?,28?,30?,31+,32-/m1/s1. The molecule has 0 bridgehead atoms. The molecule has 10 atom stereocenters. The number of aliphatic hydroxyl groups excluding tert-OH is 1. The summed E-state index contributed by atoms with van der Waals surface area (Å²) in [5.74, 6) is 4.94. The minimum atomic E-state index is -4.65. The molecule has 0 heterocycles. The molecule has 6 unspecified atom stereocenters. The number of fused-ring (bicyclic) bond motifs is 5. The van der Waals surface area contributed by atoms with Crippen LogP contribution in [-0.4, -0.2) is 67.1 Å². The van der Waals surface area contributed by atoms with Gasteiger partial charge in [-0.1, -0.05) is 33.6 Å². The average Bonchev–Trinajstić information content (AvgIpc) is 3.20. The van der Waals surface area contributed by atoms with Crippen molar-refractivity contribution < 1.29 is 27.4 Å². The molecule has 40 heavy (non-hydrogen) atoms. The van der Waals surface area contributed by atoms with E-state index in [1.807, 2.05) is 0 Å². The van der Waals surface area contributed by atoms with Gasteiger partial charge in [0.1, 0.15) is 6.10 Å². The van der Waals surface area contributed by atoms with Crippen molar-refractivity contribution in [1.29, 1.82) is 0 Å². The lowest BCUT2D eigenvalue weighted by atomic mass is 9.44. The van der Waals surface area contributed by atoms with Crippen LogP contribution in [-0.2, 0) is 14.9 Å². The Bertz CT molecular complexity index is 999. The summed E-state index contributed by atoms with van der Waals surface area (Å²) in [4.78, 5) is 12.7. The first-order chi connectivity index (χ1) is 18.6. The normalized spacial score (nSPS) is 38.5. The Morgan fingerprint density at radius 2 is 1.70 bits per heavy atom. The van der Waals surface area contributed by atoms with Crippen molar-refractivity contribution in [2.24, 2.45) is 46.3 Å². The predicted molar refractivity (Wildman–Crippen MR) is 158 cm³/mol. The molecule has 0 aromatic carbocycles. The van der Waals surface area contributed by atoms with Gasteiger partial charge < -0.3 is 19.5 Å². The van der Waals surface area contributed by atoms with Crippen molar-refractivity contribution in [2.45, 2.75) is 123 Å². The Balaban J connectivity index is 1.24. The lowest BCUT2D eigenvalue weighted by Gasteiger charge is -2.61. The van der Waals surface area contributed by atoms with Crippen LogP contribution in [0.5, 0.6) is 0 Å². The van der Waals surface area contributed by atoms with Crippen LogP contribution >= 0.6 is 0 Å². The van der Waals surface area contributed by atoms with Crippen LogP contribution in [0.15, 0.2) is 0 Å². The molecule has 4 fully saturated rings. The number of likely N-dealkylation sites (N-methyl/N-ethyl adjacent to an activating group) is 1. The molecule has 0 radical (unpaired) electrons. The minimum absolute atomic E-state index is 0.0487. The molecule has 4 rings (SSSR count). The van der Waals surface area contributed by atoms with Crippen LogP contribution < -0.4 is 5.32 Å². The van der Waals surface area contributed by atoms with E-state index in [1.54, 1.807) is 14.1 Å². The summed E-state index contributed by atoms with van der Waals surface area (Å²) in [5.41, 5.74) is 1.000. The molecule has 0 spiro atoms. The zero-order valence-corrected chi connectivity index (χ0v) is 27.0. The maximum Gasteiger partial charge on any atom is 0.220 e. The molecule has 4 aliphatic rings. The quantitative estimate of drug-likeness (QED) is 0.196. The summed E-state index contributed by atoms with van der Waals surface area (Å²) in [6.07, 6.45) is 14.9. The molecule has 8 heteroatoms. The zero-order valence-electron chi connectivity index (χ0n) is 26.2. The third kappa shape index (κ3) is 6.30. The maximum absolute atomic E-state index is 12.7. The maximum atomic E-state index is 12.7. The first kappa shape index (κ1) is 32.2. The highest BCUT2D eigenvalue weighted by molar-refractivity contribution is 7.86. The number of hydrogen-bond donors (Lipinski definition) is 2. The van der Waals surface area contributed by atoms with Crippen molar-refractivity contribution >= 4 is 16.0 Å². The molecule has 0 aromatic heterocycles. The average molecular weight is 583 g/mol. The van der Waals surface area contributed by atoms with Gasteiger partial charge in [-0.25, -0.2) is 8.42 Å². The van der Waals surface area contributed by atoms with Crippen LogP contribution in [0.2, 0.25) is 0 Å². The molecular weight excluding hydrogens is 524 g/mol.